The highest BCUT2D eigenvalue weighted by Gasteiger charge is 2.23. The largest absolute Gasteiger partial charge is 0.493 e. The number of aryl methyl sites for hydroxylation is 1. The van der Waals surface area contributed by atoms with Gasteiger partial charge in [-0.25, -0.2) is 0 Å². The maximum atomic E-state index is 13.3. The monoisotopic (exact) mass is 496 g/mol. The van der Waals surface area contributed by atoms with E-state index in [1.54, 1.807) is 12.1 Å². The Hall–Kier alpha value is -3.35. The van der Waals surface area contributed by atoms with Crippen molar-refractivity contribution < 1.29 is 19.0 Å². The molecule has 0 atom stereocenters. The number of methoxy groups -OCH3 is 2. The van der Waals surface area contributed by atoms with Gasteiger partial charge in [-0.05, 0) is 25.1 Å². The Morgan fingerprint density at radius 2 is 1.71 bits per heavy atom. The first-order chi connectivity index (χ1) is 16.4. The summed E-state index contributed by atoms with van der Waals surface area (Å²) in [5.41, 5.74) is 3.45. The van der Waals surface area contributed by atoms with E-state index in [-0.39, 0.29) is 24.6 Å². The van der Waals surface area contributed by atoms with E-state index in [1.165, 1.54) is 26.6 Å². The SMILES string of the molecule is COc1ccc(C(=O)Cc2c(Cl)cncc2Cl)c(OCc2cccc3ccc(C)nc23)c1OC. The summed E-state index contributed by atoms with van der Waals surface area (Å²) < 4.78 is 17.2. The van der Waals surface area contributed by atoms with Gasteiger partial charge in [-0.15, -0.1) is 0 Å². The number of carbonyl (C=O) groups excluding carboxylic acids is 1. The third kappa shape index (κ3) is 4.79. The number of para-hydroxylation sites is 1. The van der Waals surface area contributed by atoms with Crippen LogP contribution in [0.2, 0.25) is 10.0 Å². The highest BCUT2D eigenvalue weighted by Crippen LogP contribution is 2.41. The second-order valence-corrected chi connectivity index (χ2v) is 8.40. The van der Waals surface area contributed by atoms with E-state index in [0.717, 1.165) is 22.2 Å². The van der Waals surface area contributed by atoms with E-state index in [0.29, 0.717) is 32.7 Å². The van der Waals surface area contributed by atoms with Crippen molar-refractivity contribution in [2.75, 3.05) is 14.2 Å². The molecule has 0 N–H and O–H groups in total. The van der Waals surface area contributed by atoms with Crippen LogP contribution in [0, 0.1) is 6.92 Å². The molecule has 0 saturated carbocycles. The molecule has 0 aliphatic carbocycles. The van der Waals surface area contributed by atoms with Crippen molar-refractivity contribution in [3.8, 4) is 17.2 Å². The zero-order valence-electron chi connectivity index (χ0n) is 18.9. The summed E-state index contributed by atoms with van der Waals surface area (Å²) in [7, 11) is 3.02. The molecule has 0 bridgehead atoms. The molecule has 0 amide bonds. The minimum absolute atomic E-state index is 0.0267. The smallest absolute Gasteiger partial charge is 0.204 e. The first kappa shape index (κ1) is 23.8. The number of benzene rings is 2. The van der Waals surface area contributed by atoms with Gasteiger partial charge in [0.05, 0.1) is 35.3 Å². The van der Waals surface area contributed by atoms with E-state index >= 15 is 0 Å². The molecule has 0 fully saturated rings. The fourth-order valence-electron chi connectivity index (χ4n) is 3.70. The number of hydrogen-bond acceptors (Lipinski definition) is 6. The molecule has 6 nitrogen and oxygen atoms in total. The van der Waals surface area contributed by atoms with Crippen molar-refractivity contribution in [1.82, 2.24) is 9.97 Å². The standard InChI is InChI=1S/C26H22Cl2N2O4/c1-15-7-8-16-5-4-6-17(24(16)30-15)14-34-25-18(9-10-23(32-2)26(25)33-3)22(31)11-19-20(27)12-29-13-21(19)28/h4-10,12-13H,11,14H2,1-3H3. The van der Waals surface area contributed by atoms with Gasteiger partial charge in [-0.1, -0.05) is 47.5 Å². The summed E-state index contributed by atoms with van der Waals surface area (Å²) in [6.45, 7) is 2.11. The molecular formula is C26H22Cl2N2O4. The number of fused-ring (bicyclic) bond motifs is 1. The first-order valence-corrected chi connectivity index (χ1v) is 11.2. The fourth-order valence-corrected chi connectivity index (χ4v) is 4.19. The Bertz CT molecular complexity index is 1350. The highest BCUT2D eigenvalue weighted by molar-refractivity contribution is 6.36. The van der Waals surface area contributed by atoms with Crippen LogP contribution < -0.4 is 14.2 Å². The summed E-state index contributed by atoms with van der Waals surface area (Å²) in [4.78, 5) is 22.0. The Labute approximate surface area is 207 Å². The highest BCUT2D eigenvalue weighted by atomic mass is 35.5. The molecule has 8 heteroatoms. The first-order valence-electron chi connectivity index (χ1n) is 10.5. The van der Waals surface area contributed by atoms with Gasteiger partial charge in [-0.2, -0.15) is 0 Å². The number of halogens is 2. The molecular weight excluding hydrogens is 475 g/mol. The molecule has 174 valence electrons. The van der Waals surface area contributed by atoms with Gasteiger partial charge >= 0.3 is 0 Å². The lowest BCUT2D eigenvalue weighted by atomic mass is 10.0. The van der Waals surface area contributed by atoms with Gasteiger partial charge in [0.2, 0.25) is 5.75 Å². The van der Waals surface area contributed by atoms with Crippen LogP contribution in [0.25, 0.3) is 10.9 Å². The van der Waals surface area contributed by atoms with Crippen LogP contribution >= 0.6 is 23.2 Å². The summed E-state index contributed by atoms with van der Waals surface area (Å²) >= 11 is 12.5. The van der Waals surface area contributed by atoms with Crippen LogP contribution in [0.3, 0.4) is 0 Å². The number of Topliss-reactive ketones (excluding diaryl/α,β-unsaturated/α-hetero) is 1. The molecule has 2 aromatic heterocycles. The Morgan fingerprint density at radius 1 is 0.941 bits per heavy atom. The van der Waals surface area contributed by atoms with Crippen LogP contribution in [0.1, 0.15) is 27.2 Å². The summed E-state index contributed by atoms with van der Waals surface area (Å²) in [5, 5.41) is 1.64. The number of carbonyl (C=O) groups is 1. The number of pyridine rings is 2. The van der Waals surface area contributed by atoms with Gasteiger partial charge in [0, 0.05) is 41.0 Å². The molecule has 2 heterocycles. The maximum Gasteiger partial charge on any atom is 0.204 e. The van der Waals surface area contributed by atoms with Crippen molar-refractivity contribution in [2.45, 2.75) is 20.0 Å². The molecule has 4 rings (SSSR count). The number of aromatic nitrogens is 2. The zero-order valence-corrected chi connectivity index (χ0v) is 20.4. The van der Waals surface area contributed by atoms with E-state index in [2.05, 4.69) is 9.97 Å². The molecule has 0 spiro atoms. The minimum atomic E-state index is -0.238. The molecule has 4 aromatic rings. The van der Waals surface area contributed by atoms with Crippen molar-refractivity contribution in [3.63, 3.8) is 0 Å². The predicted octanol–water partition coefficient (Wildman–Crippen LogP) is 6.27. The number of rotatable bonds is 8. The molecule has 0 radical (unpaired) electrons. The third-order valence-electron chi connectivity index (χ3n) is 5.41. The van der Waals surface area contributed by atoms with Crippen LogP contribution in [0.15, 0.2) is 54.9 Å². The van der Waals surface area contributed by atoms with Crippen LogP contribution in [0.5, 0.6) is 17.2 Å². The van der Waals surface area contributed by atoms with Crippen LogP contribution in [0.4, 0.5) is 0 Å². The van der Waals surface area contributed by atoms with Crippen LogP contribution in [-0.2, 0) is 13.0 Å². The van der Waals surface area contributed by atoms with Gasteiger partial charge < -0.3 is 14.2 Å². The Balaban J connectivity index is 1.73. The summed E-state index contributed by atoms with van der Waals surface area (Å²) in [6.07, 6.45) is 2.89. The fraction of sp³-hybridized carbons (Fsp3) is 0.192. The third-order valence-corrected chi connectivity index (χ3v) is 6.06. The van der Waals surface area contributed by atoms with Crippen molar-refractivity contribution in [1.29, 1.82) is 0 Å². The Kier molecular flexibility index (Phi) is 7.20. The molecule has 0 saturated heterocycles. The topological polar surface area (TPSA) is 70.5 Å². The summed E-state index contributed by atoms with van der Waals surface area (Å²) in [6, 6.07) is 13.2. The van der Waals surface area contributed by atoms with E-state index in [1.807, 2.05) is 37.3 Å². The zero-order chi connectivity index (χ0) is 24.2. The molecule has 34 heavy (non-hydrogen) atoms. The number of nitrogens with zero attached hydrogens (tertiary/aromatic N) is 2. The second-order valence-electron chi connectivity index (χ2n) is 7.59. The maximum absolute atomic E-state index is 13.3. The average Bonchev–Trinajstić information content (AvgIpc) is 2.84. The van der Waals surface area contributed by atoms with E-state index < -0.39 is 0 Å². The lowest BCUT2D eigenvalue weighted by molar-refractivity contribution is 0.0987. The lowest BCUT2D eigenvalue weighted by Gasteiger charge is -2.18. The van der Waals surface area contributed by atoms with Crippen molar-refractivity contribution in [2.24, 2.45) is 0 Å². The predicted molar refractivity (Wildman–Crippen MR) is 133 cm³/mol. The number of ether oxygens (including phenoxy) is 3. The number of hydrogen-bond donors (Lipinski definition) is 0. The lowest BCUT2D eigenvalue weighted by Crippen LogP contribution is -2.10. The second kappa shape index (κ2) is 10.3. The van der Waals surface area contributed by atoms with Gasteiger partial charge in [0.15, 0.2) is 17.3 Å². The average molecular weight is 497 g/mol. The van der Waals surface area contributed by atoms with Crippen LogP contribution in [-0.4, -0.2) is 30.0 Å². The van der Waals surface area contributed by atoms with E-state index in [4.69, 9.17) is 37.4 Å². The summed E-state index contributed by atoms with van der Waals surface area (Å²) in [5.74, 6) is 0.807. The number of ketones is 1. The quantitative estimate of drug-likeness (QED) is 0.268. The minimum Gasteiger partial charge on any atom is -0.493 e. The van der Waals surface area contributed by atoms with Gasteiger partial charge in [0.25, 0.3) is 0 Å². The molecule has 0 aliphatic heterocycles. The van der Waals surface area contributed by atoms with Crippen molar-refractivity contribution in [3.05, 3.63) is 87.3 Å². The normalized spacial score (nSPS) is 10.9. The molecule has 0 aliphatic rings. The van der Waals surface area contributed by atoms with Gasteiger partial charge in [-0.3, -0.25) is 14.8 Å². The van der Waals surface area contributed by atoms with Crippen molar-refractivity contribution >= 4 is 39.9 Å². The van der Waals surface area contributed by atoms with E-state index in [9.17, 15) is 4.79 Å². The molecule has 0 unspecified atom stereocenters. The molecule has 2 aromatic carbocycles. The Morgan fingerprint density at radius 3 is 2.41 bits per heavy atom. The van der Waals surface area contributed by atoms with Gasteiger partial charge in [0.1, 0.15) is 6.61 Å².